The van der Waals surface area contributed by atoms with E-state index in [1.165, 1.54) is 0 Å². The zero-order valence-electron chi connectivity index (χ0n) is 11.0. The molecule has 0 fully saturated rings. The molecular weight excluding hydrogens is 276 g/mol. The molecule has 0 saturated heterocycles. The third kappa shape index (κ3) is 2.89. The first-order valence-electron chi connectivity index (χ1n) is 6.15. The third-order valence-corrected chi connectivity index (χ3v) is 3.14. The summed E-state index contributed by atoms with van der Waals surface area (Å²) in [5, 5.41) is 0.484. The van der Waals surface area contributed by atoms with Crippen LogP contribution in [0.3, 0.4) is 0 Å². The highest BCUT2D eigenvalue weighted by Crippen LogP contribution is 2.24. The van der Waals surface area contributed by atoms with E-state index in [1.807, 2.05) is 6.92 Å². The van der Waals surface area contributed by atoms with Crippen LogP contribution in [0.15, 0.2) is 42.7 Å². The molecule has 104 valence electrons. The summed E-state index contributed by atoms with van der Waals surface area (Å²) in [6, 6.07) is 8.51. The van der Waals surface area contributed by atoms with E-state index in [-0.39, 0.29) is 5.91 Å². The van der Waals surface area contributed by atoms with Crippen molar-refractivity contribution in [3.8, 4) is 0 Å². The maximum absolute atomic E-state index is 12.7. The van der Waals surface area contributed by atoms with E-state index in [4.69, 9.17) is 17.4 Å². The Morgan fingerprint density at radius 3 is 2.65 bits per heavy atom. The molecule has 0 atom stereocenters. The van der Waals surface area contributed by atoms with E-state index in [0.29, 0.717) is 22.8 Å². The summed E-state index contributed by atoms with van der Waals surface area (Å²) in [5.41, 5.74) is 4.25. The first-order valence-corrected chi connectivity index (χ1v) is 6.53. The lowest BCUT2D eigenvalue weighted by atomic mass is 10.1. The number of hydrogen-bond donors (Lipinski definition) is 2. The molecule has 0 radical (unpaired) electrons. The van der Waals surface area contributed by atoms with Gasteiger partial charge in [0.15, 0.2) is 0 Å². The number of hydrazine groups is 1. The Bertz CT molecular complexity index is 603. The fraction of sp³-hybridized carbons (Fsp3) is 0.143. The summed E-state index contributed by atoms with van der Waals surface area (Å²) in [6.07, 6.45) is 3.29. The summed E-state index contributed by atoms with van der Waals surface area (Å²) in [7, 11) is 0. The molecule has 2 rings (SSSR count). The molecule has 1 aromatic carbocycles. The Balaban J connectivity index is 2.41. The Morgan fingerprint density at radius 2 is 2.05 bits per heavy atom. The van der Waals surface area contributed by atoms with Crippen molar-refractivity contribution in [1.29, 1.82) is 0 Å². The van der Waals surface area contributed by atoms with Crippen LogP contribution in [0.4, 0.5) is 11.4 Å². The molecule has 0 saturated carbocycles. The second-order valence-corrected chi connectivity index (χ2v) is 4.53. The number of pyridine rings is 1. The highest BCUT2D eigenvalue weighted by Gasteiger charge is 2.19. The molecule has 3 N–H and O–H groups in total. The van der Waals surface area contributed by atoms with Crippen molar-refractivity contribution in [2.45, 2.75) is 6.92 Å². The van der Waals surface area contributed by atoms with Crippen molar-refractivity contribution in [2.75, 3.05) is 16.9 Å². The van der Waals surface area contributed by atoms with Crippen LogP contribution in [0, 0.1) is 0 Å². The monoisotopic (exact) mass is 290 g/mol. The van der Waals surface area contributed by atoms with Gasteiger partial charge in [0, 0.05) is 29.6 Å². The fourth-order valence-corrected chi connectivity index (χ4v) is 2.10. The van der Waals surface area contributed by atoms with Crippen LogP contribution >= 0.6 is 11.6 Å². The molecule has 0 aliphatic carbocycles. The zero-order chi connectivity index (χ0) is 14.5. The largest absolute Gasteiger partial charge is 0.323 e. The maximum atomic E-state index is 12.7. The molecule has 0 unspecified atom stereocenters. The lowest BCUT2D eigenvalue weighted by molar-refractivity contribution is 0.0989. The Kier molecular flexibility index (Phi) is 4.55. The highest BCUT2D eigenvalue weighted by atomic mass is 35.5. The number of benzene rings is 1. The Morgan fingerprint density at radius 1 is 1.35 bits per heavy atom. The number of nitrogens with one attached hydrogen (secondary N) is 1. The van der Waals surface area contributed by atoms with Gasteiger partial charge < -0.3 is 10.3 Å². The minimum absolute atomic E-state index is 0.172. The smallest absolute Gasteiger partial charge is 0.260 e. The van der Waals surface area contributed by atoms with Crippen LogP contribution in [-0.4, -0.2) is 17.4 Å². The SMILES string of the molecule is CCN(C(=O)c1cc(Cl)ccc1NN)c1ccncc1. The number of hydrogen-bond acceptors (Lipinski definition) is 4. The number of amides is 1. The van der Waals surface area contributed by atoms with E-state index in [2.05, 4.69) is 10.4 Å². The number of carbonyl (C=O) groups excluding carboxylic acids is 1. The molecule has 2 aromatic rings. The Labute approximate surface area is 122 Å². The zero-order valence-corrected chi connectivity index (χ0v) is 11.8. The first-order chi connectivity index (χ1) is 9.67. The van der Waals surface area contributed by atoms with Gasteiger partial charge in [0.1, 0.15) is 0 Å². The molecular formula is C14H15ClN4O. The molecule has 0 aliphatic rings. The number of nitrogens with two attached hydrogens (primary N) is 1. The topological polar surface area (TPSA) is 71.2 Å². The van der Waals surface area contributed by atoms with E-state index in [1.54, 1.807) is 47.6 Å². The van der Waals surface area contributed by atoms with Crippen LogP contribution in [-0.2, 0) is 0 Å². The van der Waals surface area contributed by atoms with Crippen LogP contribution < -0.4 is 16.2 Å². The van der Waals surface area contributed by atoms with Crippen molar-refractivity contribution in [2.24, 2.45) is 5.84 Å². The van der Waals surface area contributed by atoms with E-state index in [9.17, 15) is 4.79 Å². The third-order valence-electron chi connectivity index (χ3n) is 2.90. The minimum atomic E-state index is -0.172. The van der Waals surface area contributed by atoms with Gasteiger partial charge in [0.25, 0.3) is 5.91 Å². The Hall–Kier alpha value is -2.11. The summed E-state index contributed by atoms with van der Waals surface area (Å²) >= 11 is 5.96. The number of anilines is 2. The van der Waals surface area contributed by atoms with Crippen molar-refractivity contribution in [1.82, 2.24) is 4.98 Å². The molecule has 20 heavy (non-hydrogen) atoms. The highest BCUT2D eigenvalue weighted by molar-refractivity contribution is 6.31. The first kappa shape index (κ1) is 14.3. The predicted molar refractivity (Wildman–Crippen MR) is 80.8 cm³/mol. The second kappa shape index (κ2) is 6.36. The number of halogens is 1. The van der Waals surface area contributed by atoms with Gasteiger partial charge in [-0.05, 0) is 37.3 Å². The summed E-state index contributed by atoms with van der Waals surface area (Å²) in [5.74, 6) is 5.27. The molecule has 0 spiro atoms. The molecule has 0 bridgehead atoms. The summed E-state index contributed by atoms with van der Waals surface area (Å²) in [6.45, 7) is 2.43. The van der Waals surface area contributed by atoms with Gasteiger partial charge in [-0.2, -0.15) is 0 Å². The van der Waals surface area contributed by atoms with E-state index in [0.717, 1.165) is 5.69 Å². The van der Waals surface area contributed by atoms with Gasteiger partial charge >= 0.3 is 0 Å². The number of carbonyl (C=O) groups is 1. The van der Waals surface area contributed by atoms with Gasteiger partial charge in [0.2, 0.25) is 0 Å². The van der Waals surface area contributed by atoms with Crippen molar-refractivity contribution in [3.05, 3.63) is 53.3 Å². The summed E-state index contributed by atoms with van der Waals surface area (Å²) in [4.78, 5) is 18.2. The average molecular weight is 291 g/mol. The minimum Gasteiger partial charge on any atom is -0.323 e. The predicted octanol–water partition coefficient (Wildman–Crippen LogP) is 2.69. The number of nitrogens with zero attached hydrogens (tertiary/aromatic N) is 2. The van der Waals surface area contributed by atoms with E-state index >= 15 is 0 Å². The standard InChI is InChI=1S/C14H15ClN4O/c1-2-19(11-5-7-17-8-6-11)14(20)12-9-10(15)3-4-13(12)18-16/h3-9,18H,2,16H2,1H3. The van der Waals surface area contributed by atoms with Gasteiger partial charge in [-0.15, -0.1) is 0 Å². The molecule has 6 heteroatoms. The molecule has 1 aromatic heterocycles. The molecule has 0 aliphatic heterocycles. The lowest BCUT2D eigenvalue weighted by Gasteiger charge is -2.22. The van der Waals surface area contributed by atoms with Gasteiger partial charge in [-0.1, -0.05) is 11.6 Å². The van der Waals surface area contributed by atoms with Crippen LogP contribution in [0.25, 0.3) is 0 Å². The van der Waals surface area contributed by atoms with Crippen LogP contribution in [0.5, 0.6) is 0 Å². The molecule has 5 nitrogen and oxygen atoms in total. The number of nitrogen functional groups attached to an aromatic ring is 1. The number of aromatic nitrogens is 1. The molecule has 1 amide bonds. The van der Waals surface area contributed by atoms with E-state index < -0.39 is 0 Å². The van der Waals surface area contributed by atoms with Crippen molar-refractivity contribution >= 4 is 28.9 Å². The van der Waals surface area contributed by atoms with Crippen LogP contribution in [0.2, 0.25) is 5.02 Å². The van der Waals surface area contributed by atoms with Gasteiger partial charge in [-0.3, -0.25) is 15.6 Å². The lowest BCUT2D eigenvalue weighted by Crippen LogP contribution is -2.31. The average Bonchev–Trinajstić information content (AvgIpc) is 2.49. The fourth-order valence-electron chi connectivity index (χ4n) is 1.93. The summed E-state index contributed by atoms with van der Waals surface area (Å²) < 4.78 is 0. The normalized spacial score (nSPS) is 10.2. The molecule has 1 heterocycles. The van der Waals surface area contributed by atoms with Gasteiger partial charge in [-0.25, -0.2) is 0 Å². The maximum Gasteiger partial charge on any atom is 0.260 e. The van der Waals surface area contributed by atoms with Crippen LogP contribution in [0.1, 0.15) is 17.3 Å². The van der Waals surface area contributed by atoms with Gasteiger partial charge in [0.05, 0.1) is 11.3 Å². The quantitative estimate of drug-likeness (QED) is 0.671. The van der Waals surface area contributed by atoms with Crippen molar-refractivity contribution in [3.63, 3.8) is 0 Å². The second-order valence-electron chi connectivity index (χ2n) is 4.09. The number of rotatable bonds is 4. The van der Waals surface area contributed by atoms with Crippen molar-refractivity contribution < 1.29 is 4.79 Å².